The molecular formula is C12H18O3. The quantitative estimate of drug-likeness (QED) is 0.689. The molecule has 4 rings (SSSR count). The molecule has 0 saturated heterocycles. The third-order valence-corrected chi connectivity index (χ3v) is 4.85. The Hall–Kier alpha value is -0.570. The zero-order valence-corrected chi connectivity index (χ0v) is 8.80. The standard InChI is InChI=1S/C12H18O3/c13-11-9-4-6-1-7(5-9)3-8(2-6)10(11)12(14)15/h6-11,13H,1-5H2,(H,14,15). The maximum Gasteiger partial charge on any atom is 0.309 e. The van der Waals surface area contributed by atoms with Crippen LogP contribution in [0.2, 0.25) is 0 Å². The number of rotatable bonds is 1. The monoisotopic (exact) mass is 210 g/mol. The Morgan fingerprint density at radius 2 is 1.47 bits per heavy atom. The van der Waals surface area contributed by atoms with Gasteiger partial charge in [0.15, 0.2) is 0 Å². The van der Waals surface area contributed by atoms with Crippen molar-refractivity contribution in [1.29, 1.82) is 0 Å². The van der Waals surface area contributed by atoms with E-state index in [1.807, 2.05) is 0 Å². The predicted molar refractivity (Wildman–Crippen MR) is 54.2 cm³/mol. The summed E-state index contributed by atoms with van der Waals surface area (Å²) in [6.45, 7) is 0. The molecule has 0 aromatic carbocycles. The summed E-state index contributed by atoms with van der Waals surface area (Å²) in [5.41, 5.74) is 0. The largest absolute Gasteiger partial charge is 0.481 e. The third kappa shape index (κ3) is 1.40. The first kappa shape index (κ1) is 9.64. The highest BCUT2D eigenvalue weighted by molar-refractivity contribution is 5.71. The molecule has 0 aromatic heterocycles. The minimum absolute atomic E-state index is 0.244. The Morgan fingerprint density at radius 1 is 0.933 bits per heavy atom. The lowest BCUT2D eigenvalue weighted by molar-refractivity contribution is -0.149. The van der Waals surface area contributed by atoms with Crippen LogP contribution in [0.1, 0.15) is 32.1 Å². The number of aliphatic hydroxyl groups excluding tert-OH is 1. The first-order valence-electron chi connectivity index (χ1n) is 6.06. The maximum absolute atomic E-state index is 11.2. The fourth-order valence-corrected chi connectivity index (χ4v) is 4.45. The summed E-state index contributed by atoms with van der Waals surface area (Å²) in [4.78, 5) is 11.2. The molecule has 4 aliphatic carbocycles. The minimum Gasteiger partial charge on any atom is -0.481 e. The van der Waals surface area contributed by atoms with Gasteiger partial charge in [-0.15, -0.1) is 0 Å². The average molecular weight is 210 g/mol. The van der Waals surface area contributed by atoms with Crippen molar-refractivity contribution in [2.45, 2.75) is 38.2 Å². The van der Waals surface area contributed by atoms with Gasteiger partial charge in [0.2, 0.25) is 0 Å². The van der Waals surface area contributed by atoms with E-state index in [0.29, 0.717) is 11.8 Å². The molecule has 84 valence electrons. The topological polar surface area (TPSA) is 57.5 Å². The van der Waals surface area contributed by atoms with Crippen LogP contribution < -0.4 is 0 Å². The molecule has 0 spiro atoms. The molecule has 0 aliphatic heterocycles. The molecule has 4 aliphatic rings. The van der Waals surface area contributed by atoms with E-state index in [-0.39, 0.29) is 11.8 Å². The molecule has 3 nitrogen and oxygen atoms in total. The number of carboxylic acids is 1. The zero-order valence-electron chi connectivity index (χ0n) is 8.80. The average Bonchev–Trinajstić information content (AvgIpc) is 2.28. The number of carbonyl (C=O) groups is 1. The van der Waals surface area contributed by atoms with E-state index >= 15 is 0 Å². The number of aliphatic hydroxyl groups is 1. The highest BCUT2D eigenvalue weighted by atomic mass is 16.4. The summed E-state index contributed by atoms with van der Waals surface area (Å²) in [5.74, 6) is 0.653. The van der Waals surface area contributed by atoms with E-state index in [0.717, 1.165) is 25.7 Å². The maximum atomic E-state index is 11.2. The summed E-state index contributed by atoms with van der Waals surface area (Å²) in [7, 11) is 0. The fourth-order valence-electron chi connectivity index (χ4n) is 4.45. The zero-order chi connectivity index (χ0) is 10.6. The van der Waals surface area contributed by atoms with Gasteiger partial charge in [0, 0.05) is 0 Å². The van der Waals surface area contributed by atoms with Crippen LogP contribution in [0.15, 0.2) is 0 Å². The van der Waals surface area contributed by atoms with E-state index in [1.165, 1.54) is 6.42 Å². The van der Waals surface area contributed by atoms with Crippen molar-refractivity contribution in [3.63, 3.8) is 0 Å². The normalized spacial score (nSPS) is 52.9. The molecule has 4 atom stereocenters. The Labute approximate surface area is 89.5 Å². The van der Waals surface area contributed by atoms with Crippen LogP contribution in [0.25, 0.3) is 0 Å². The Kier molecular flexibility index (Phi) is 2.06. The molecule has 3 heteroatoms. The molecule has 4 bridgehead atoms. The summed E-state index contributed by atoms with van der Waals surface area (Å²) in [6, 6.07) is 0. The Morgan fingerprint density at radius 3 is 2.00 bits per heavy atom. The van der Waals surface area contributed by atoms with E-state index in [9.17, 15) is 15.0 Å². The van der Waals surface area contributed by atoms with E-state index < -0.39 is 18.0 Å². The molecule has 15 heavy (non-hydrogen) atoms. The van der Waals surface area contributed by atoms with Gasteiger partial charge in [-0.2, -0.15) is 0 Å². The van der Waals surface area contributed by atoms with Crippen LogP contribution in [0.4, 0.5) is 0 Å². The first-order chi connectivity index (χ1) is 7.15. The van der Waals surface area contributed by atoms with Gasteiger partial charge in [0.25, 0.3) is 0 Å². The van der Waals surface area contributed by atoms with Crippen molar-refractivity contribution in [1.82, 2.24) is 0 Å². The second-order valence-electron chi connectivity index (χ2n) is 5.79. The van der Waals surface area contributed by atoms with Crippen LogP contribution in [0.5, 0.6) is 0 Å². The lowest BCUT2D eigenvalue weighted by Gasteiger charge is -2.38. The van der Waals surface area contributed by atoms with Gasteiger partial charge in [0.05, 0.1) is 12.0 Å². The van der Waals surface area contributed by atoms with Crippen LogP contribution >= 0.6 is 0 Å². The Balaban J connectivity index is 1.95. The second kappa shape index (κ2) is 3.21. The molecule has 0 radical (unpaired) electrons. The molecular weight excluding hydrogens is 192 g/mol. The third-order valence-electron chi connectivity index (χ3n) is 4.85. The first-order valence-corrected chi connectivity index (χ1v) is 6.06. The van der Waals surface area contributed by atoms with Crippen molar-refractivity contribution in [3.05, 3.63) is 0 Å². The number of aliphatic carboxylic acids is 1. The summed E-state index contributed by atoms with van der Waals surface area (Å²) < 4.78 is 0. The lowest BCUT2D eigenvalue weighted by Crippen LogP contribution is -2.35. The van der Waals surface area contributed by atoms with Crippen LogP contribution in [-0.4, -0.2) is 22.3 Å². The van der Waals surface area contributed by atoms with Gasteiger partial charge in [-0.25, -0.2) is 0 Å². The highest BCUT2D eigenvalue weighted by Crippen LogP contribution is 2.53. The molecule has 4 fully saturated rings. The summed E-state index contributed by atoms with van der Waals surface area (Å²) >= 11 is 0. The number of hydrogen-bond acceptors (Lipinski definition) is 2. The lowest BCUT2D eigenvalue weighted by atomic mass is 9.67. The SMILES string of the molecule is O=C(O)C1C2CC3CC(CC(C3)C1O)C2. The molecule has 0 amide bonds. The van der Waals surface area contributed by atoms with Crippen molar-refractivity contribution >= 4 is 5.97 Å². The minimum atomic E-state index is -0.777. The smallest absolute Gasteiger partial charge is 0.309 e. The van der Waals surface area contributed by atoms with Gasteiger partial charge in [-0.05, 0) is 55.8 Å². The Bertz CT molecular complexity index is 275. The van der Waals surface area contributed by atoms with Gasteiger partial charge >= 0.3 is 5.97 Å². The van der Waals surface area contributed by atoms with Gasteiger partial charge in [-0.3, -0.25) is 4.79 Å². The molecule has 0 aromatic rings. The molecule has 2 N–H and O–H groups in total. The molecule has 0 heterocycles. The fraction of sp³-hybridized carbons (Fsp3) is 0.917. The van der Waals surface area contributed by atoms with Crippen molar-refractivity contribution < 1.29 is 15.0 Å². The van der Waals surface area contributed by atoms with Crippen molar-refractivity contribution in [2.75, 3.05) is 0 Å². The van der Waals surface area contributed by atoms with E-state index in [4.69, 9.17) is 0 Å². The summed E-state index contributed by atoms with van der Waals surface area (Å²) in [6.07, 6.45) is 4.92. The highest BCUT2D eigenvalue weighted by Gasteiger charge is 2.50. The van der Waals surface area contributed by atoms with Gasteiger partial charge < -0.3 is 10.2 Å². The number of carboxylic acid groups (broad SMARTS) is 1. The van der Waals surface area contributed by atoms with Crippen LogP contribution in [0.3, 0.4) is 0 Å². The van der Waals surface area contributed by atoms with Gasteiger partial charge in [-0.1, -0.05) is 0 Å². The van der Waals surface area contributed by atoms with Gasteiger partial charge in [0.1, 0.15) is 0 Å². The summed E-state index contributed by atoms with van der Waals surface area (Å²) in [5, 5.41) is 19.4. The van der Waals surface area contributed by atoms with E-state index in [2.05, 4.69) is 0 Å². The number of fused-ring (bicyclic) bond motifs is 1. The van der Waals surface area contributed by atoms with E-state index in [1.54, 1.807) is 0 Å². The molecule has 4 unspecified atom stereocenters. The van der Waals surface area contributed by atoms with Crippen molar-refractivity contribution in [2.24, 2.45) is 29.6 Å². The molecule has 4 saturated carbocycles. The second-order valence-corrected chi connectivity index (χ2v) is 5.79. The number of hydrogen-bond donors (Lipinski definition) is 2. The van der Waals surface area contributed by atoms with Crippen LogP contribution in [0, 0.1) is 29.6 Å². The predicted octanol–water partition coefficient (Wildman–Crippen LogP) is 1.50. The van der Waals surface area contributed by atoms with Crippen molar-refractivity contribution in [3.8, 4) is 0 Å². The van der Waals surface area contributed by atoms with Crippen LogP contribution in [-0.2, 0) is 4.79 Å².